The van der Waals surface area contributed by atoms with E-state index in [1.54, 1.807) is 5.57 Å². The molecule has 5 N–H and O–H groups in total. The second-order valence-electron chi connectivity index (χ2n) is 14.7. The van der Waals surface area contributed by atoms with Crippen molar-refractivity contribution in [2.45, 2.75) is 130 Å². The van der Waals surface area contributed by atoms with E-state index >= 15 is 0 Å². The van der Waals surface area contributed by atoms with Crippen LogP contribution in [0.1, 0.15) is 118 Å². The molecule has 8 nitrogen and oxygen atoms in total. The summed E-state index contributed by atoms with van der Waals surface area (Å²) in [6.07, 6.45) is 14.9. The molecular weight excluding hydrogens is 524 g/mol. The zero-order valence-corrected chi connectivity index (χ0v) is 25.8. The Morgan fingerprint density at radius 2 is 1.56 bits per heavy atom. The summed E-state index contributed by atoms with van der Waals surface area (Å²) in [4.78, 5) is 30.5. The van der Waals surface area contributed by atoms with Gasteiger partial charge >= 0.3 is 17.9 Å². The van der Waals surface area contributed by atoms with Gasteiger partial charge in [0.05, 0.1) is 18.9 Å². The molecule has 4 rings (SSSR count). The molecule has 4 aliphatic rings. The molecule has 3 fully saturated rings. The van der Waals surface area contributed by atoms with Gasteiger partial charge in [-0.2, -0.15) is 0 Å². The van der Waals surface area contributed by atoms with Gasteiger partial charge in [0, 0.05) is 0 Å². The summed E-state index contributed by atoms with van der Waals surface area (Å²) in [7, 11) is 0. The third-order valence-electron chi connectivity index (χ3n) is 11.6. The molecule has 0 amide bonds. The Hall–Kier alpha value is -1.93. The number of hydrogen-bond acceptors (Lipinski definition) is 5. The maximum absolute atomic E-state index is 10.3. The van der Waals surface area contributed by atoms with Gasteiger partial charge in [0.25, 0.3) is 0 Å². The summed E-state index contributed by atoms with van der Waals surface area (Å²) >= 11 is 0. The van der Waals surface area contributed by atoms with Gasteiger partial charge in [-0.1, -0.05) is 65.5 Å². The third kappa shape index (κ3) is 7.35. The number of carbonyl (C=O) groups is 3. The Morgan fingerprint density at radius 1 is 0.927 bits per heavy atom. The van der Waals surface area contributed by atoms with Crippen molar-refractivity contribution in [2.75, 3.05) is 0 Å². The van der Waals surface area contributed by atoms with E-state index in [-0.39, 0.29) is 6.10 Å². The summed E-state index contributed by atoms with van der Waals surface area (Å²) in [5.41, 5.74) is -0.135. The van der Waals surface area contributed by atoms with Gasteiger partial charge < -0.3 is 25.5 Å². The minimum absolute atomic E-state index is 0.0766. The van der Waals surface area contributed by atoms with Gasteiger partial charge in [0.15, 0.2) is 5.60 Å². The Balaban J connectivity index is 0.000000302. The predicted octanol–water partition coefficient (Wildman–Crippen LogP) is 6.14. The Kier molecular flexibility index (Phi) is 10.8. The van der Waals surface area contributed by atoms with Crippen molar-refractivity contribution in [3.05, 3.63) is 11.6 Å². The molecule has 0 radical (unpaired) electrons. The van der Waals surface area contributed by atoms with Crippen LogP contribution in [0.4, 0.5) is 0 Å². The molecule has 4 aliphatic carbocycles. The molecule has 0 bridgehead atoms. The molecule has 0 aromatic carbocycles. The van der Waals surface area contributed by atoms with Crippen LogP contribution in [0.5, 0.6) is 0 Å². The quantitative estimate of drug-likeness (QED) is 0.194. The van der Waals surface area contributed by atoms with Crippen molar-refractivity contribution >= 4 is 17.9 Å². The van der Waals surface area contributed by atoms with Crippen LogP contribution >= 0.6 is 0 Å². The van der Waals surface area contributed by atoms with Crippen molar-refractivity contribution in [3.63, 3.8) is 0 Å². The lowest BCUT2D eigenvalue weighted by atomic mass is 9.47. The number of rotatable bonds is 10. The van der Waals surface area contributed by atoms with Gasteiger partial charge in [0.1, 0.15) is 0 Å². The number of allylic oxidation sites excluding steroid dienone is 1. The first-order valence-electron chi connectivity index (χ1n) is 15.8. The summed E-state index contributed by atoms with van der Waals surface area (Å²) in [6.45, 7) is 12.6. The SMILES string of the molecule is CC(C)CCCC(C)[C@H]1CC[C@H]2[C@@H]3CC=C4C[C@@H](O)CC[C@]4(C)[C@H]3CC[C@]12C.O=C(O)CC(O)(CC(=O)O)C(=O)O. The topological polar surface area (TPSA) is 152 Å². The van der Waals surface area contributed by atoms with E-state index in [1.807, 2.05) is 0 Å². The molecule has 0 saturated heterocycles. The number of fused-ring (bicyclic) bond motifs is 5. The summed E-state index contributed by atoms with van der Waals surface area (Å²) < 4.78 is 0. The lowest BCUT2D eigenvalue weighted by Gasteiger charge is -2.58. The average molecular weight is 579 g/mol. The summed E-state index contributed by atoms with van der Waals surface area (Å²) in [5, 5.41) is 44.0. The molecule has 3 saturated carbocycles. The van der Waals surface area contributed by atoms with Crippen LogP contribution in [-0.2, 0) is 14.4 Å². The molecule has 234 valence electrons. The fraction of sp³-hybridized carbons (Fsp3) is 0.848. The smallest absolute Gasteiger partial charge is 0.336 e. The molecule has 0 aromatic heterocycles. The number of aliphatic carboxylic acids is 3. The highest BCUT2D eigenvalue weighted by Gasteiger charge is 2.59. The zero-order chi connectivity index (χ0) is 30.8. The number of aliphatic hydroxyl groups is 2. The van der Waals surface area contributed by atoms with E-state index in [1.165, 1.54) is 57.8 Å². The van der Waals surface area contributed by atoms with Crippen LogP contribution in [0.3, 0.4) is 0 Å². The van der Waals surface area contributed by atoms with Crippen molar-refractivity contribution in [1.29, 1.82) is 0 Å². The highest BCUT2D eigenvalue weighted by molar-refractivity contribution is 5.88. The largest absolute Gasteiger partial charge is 0.481 e. The summed E-state index contributed by atoms with van der Waals surface area (Å²) in [6, 6.07) is 0. The van der Waals surface area contributed by atoms with Gasteiger partial charge in [-0.05, 0) is 97.7 Å². The third-order valence-corrected chi connectivity index (χ3v) is 11.6. The molecule has 8 atom stereocenters. The molecule has 0 spiro atoms. The molecule has 41 heavy (non-hydrogen) atoms. The fourth-order valence-electron chi connectivity index (χ4n) is 9.38. The van der Waals surface area contributed by atoms with Crippen LogP contribution in [0.2, 0.25) is 0 Å². The van der Waals surface area contributed by atoms with Crippen LogP contribution in [0, 0.1) is 46.3 Å². The molecule has 0 aromatic rings. The number of carboxylic acids is 3. The standard InChI is InChI=1S/C27H46O.C6H8O7/c1-18(2)7-6-8-19(3)23-11-12-24-22-10-9-20-17-21(28)13-15-26(20,4)25(22)14-16-27(23,24)5;7-3(8)1-6(13,5(11)12)2-4(9)10/h9,18-19,21-25,28H,6-8,10-17H2,1-5H3;13H,1-2H2,(H,7,8)(H,9,10)(H,11,12)/t19?,21-,22-,23+,24-,25-,26-,27+;/m0./s1. The normalized spacial score (nSPS) is 35.2. The maximum atomic E-state index is 10.3. The van der Waals surface area contributed by atoms with Crippen LogP contribution in [0.25, 0.3) is 0 Å². The molecule has 0 aliphatic heterocycles. The lowest BCUT2D eigenvalue weighted by Crippen LogP contribution is -2.50. The monoisotopic (exact) mass is 578 g/mol. The Labute approximate surface area is 245 Å². The molecule has 8 heteroatoms. The van der Waals surface area contributed by atoms with Crippen molar-refractivity contribution < 1.29 is 39.9 Å². The number of aliphatic hydroxyl groups excluding tert-OH is 1. The zero-order valence-electron chi connectivity index (χ0n) is 25.8. The van der Waals surface area contributed by atoms with Gasteiger partial charge in [-0.15, -0.1) is 0 Å². The number of carboxylic acid groups (broad SMARTS) is 3. The predicted molar refractivity (Wildman–Crippen MR) is 156 cm³/mol. The van der Waals surface area contributed by atoms with E-state index in [4.69, 9.17) is 20.4 Å². The summed E-state index contributed by atoms with van der Waals surface area (Å²) in [5.74, 6) is 0.438. The van der Waals surface area contributed by atoms with E-state index < -0.39 is 36.4 Å². The Bertz CT molecular complexity index is 972. The van der Waals surface area contributed by atoms with Crippen LogP contribution in [0.15, 0.2) is 11.6 Å². The van der Waals surface area contributed by atoms with Crippen LogP contribution < -0.4 is 0 Å². The van der Waals surface area contributed by atoms with Crippen molar-refractivity contribution in [3.8, 4) is 0 Å². The average Bonchev–Trinajstić information content (AvgIpc) is 3.21. The van der Waals surface area contributed by atoms with Crippen molar-refractivity contribution in [2.24, 2.45) is 46.3 Å². The van der Waals surface area contributed by atoms with E-state index in [9.17, 15) is 19.5 Å². The fourth-order valence-corrected chi connectivity index (χ4v) is 9.38. The second-order valence-corrected chi connectivity index (χ2v) is 14.7. The van der Waals surface area contributed by atoms with Crippen molar-refractivity contribution in [1.82, 2.24) is 0 Å². The Morgan fingerprint density at radius 3 is 2.12 bits per heavy atom. The first kappa shape index (κ1) is 33.6. The van der Waals surface area contributed by atoms with Gasteiger partial charge in [-0.3, -0.25) is 9.59 Å². The molecule has 0 heterocycles. The minimum Gasteiger partial charge on any atom is -0.481 e. The van der Waals surface area contributed by atoms with E-state index in [2.05, 4.69) is 40.7 Å². The molecular formula is C33H54O8. The van der Waals surface area contributed by atoms with E-state index in [0.29, 0.717) is 10.8 Å². The van der Waals surface area contributed by atoms with Gasteiger partial charge in [-0.25, -0.2) is 4.79 Å². The first-order valence-corrected chi connectivity index (χ1v) is 15.8. The lowest BCUT2D eigenvalue weighted by molar-refractivity contribution is -0.170. The second kappa shape index (κ2) is 13.2. The van der Waals surface area contributed by atoms with Gasteiger partial charge in [0.2, 0.25) is 0 Å². The highest BCUT2D eigenvalue weighted by atomic mass is 16.4. The maximum Gasteiger partial charge on any atom is 0.336 e. The highest BCUT2D eigenvalue weighted by Crippen LogP contribution is 2.67. The minimum atomic E-state index is -2.74. The van der Waals surface area contributed by atoms with Crippen LogP contribution in [-0.4, -0.2) is 55.1 Å². The van der Waals surface area contributed by atoms with E-state index in [0.717, 1.165) is 48.3 Å². The number of hydrogen-bond donors (Lipinski definition) is 5. The first-order chi connectivity index (χ1) is 19.0. The molecule has 1 unspecified atom stereocenters.